The van der Waals surface area contributed by atoms with Crippen LogP contribution in [-0.2, 0) is 4.74 Å². The second-order valence-electron chi connectivity index (χ2n) is 9.74. The maximum atomic E-state index is 12.1. The fourth-order valence-electron chi connectivity index (χ4n) is 4.12. The van der Waals surface area contributed by atoms with Crippen LogP contribution in [0.5, 0.6) is 5.75 Å². The number of anilines is 1. The van der Waals surface area contributed by atoms with E-state index in [-0.39, 0.29) is 5.41 Å². The lowest BCUT2D eigenvalue weighted by Crippen LogP contribution is -2.21. The van der Waals surface area contributed by atoms with Crippen molar-refractivity contribution in [2.75, 3.05) is 18.5 Å². The van der Waals surface area contributed by atoms with Crippen molar-refractivity contribution >= 4 is 22.7 Å². The van der Waals surface area contributed by atoms with Crippen LogP contribution in [0.1, 0.15) is 58.6 Å². The number of amides is 1. The number of ether oxygens (including phenoxy) is 2. The molecule has 4 rings (SSSR count). The number of carbonyl (C=O) groups is 1. The Bertz CT molecular complexity index is 1190. The standard InChI is InChI=1S/C27H31N3O3/c1-5-32-21-13-14-24-22(15-21)23(16-28)25(30(24)20-7-6-8-20)18-9-11-19(12-10-18)29-26(31)33-17-27(2,3)4/h9-15,20H,5-8,17H2,1-4H3,(H,29,31). The van der Waals surface area contributed by atoms with Crippen LogP contribution in [0, 0.1) is 16.7 Å². The number of benzene rings is 2. The molecule has 33 heavy (non-hydrogen) atoms. The van der Waals surface area contributed by atoms with Gasteiger partial charge in [0.05, 0.1) is 30.0 Å². The summed E-state index contributed by atoms with van der Waals surface area (Å²) in [4.78, 5) is 12.1. The maximum Gasteiger partial charge on any atom is 0.411 e. The van der Waals surface area contributed by atoms with Crippen molar-refractivity contribution in [3.63, 3.8) is 0 Å². The smallest absolute Gasteiger partial charge is 0.411 e. The van der Waals surface area contributed by atoms with Gasteiger partial charge in [-0.15, -0.1) is 0 Å². The molecule has 1 aromatic heterocycles. The Labute approximate surface area is 195 Å². The Kier molecular flexibility index (Phi) is 6.33. The van der Waals surface area contributed by atoms with Crippen LogP contribution < -0.4 is 10.1 Å². The summed E-state index contributed by atoms with van der Waals surface area (Å²) in [5, 5.41) is 13.8. The van der Waals surface area contributed by atoms with E-state index in [0.717, 1.165) is 40.8 Å². The molecule has 1 saturated carbocycles. The minimum absolute atomic E-state index is 0.0914. The number of carbonyl (C=O) groups excluding carboxylic acids is 1. The molecule has 1 aliphatic carbocycles. The molecule has 0 atom stereocenters. The van der Waals surface area contributed by atoms with Crippen LogP contribution in [0.4, 0.5) is 10.5 Å². The monoisotopic (exact) mass is 445 g/mol. The summed E-state index contributed by atoms with van der Waals surface area (Å²) in [6, 6.07) is 16.4. The summed E-state index contributed by atoms with van der Waals surface area (Å²) in [6.07, 6.45) is 2.94. The SMILES string of the molecule is CCOc1ccc2c(c1)c(C#N)c(-c1ccc(NC(=O)OCC(C)(C)C)cc1)n2C1CCC1. The molecule has 1 heterocycles. The fourth-order valence-corrected chi connectivity index (χ4v) is 4.12. The van der Waals surface area contributed by atoms with E-state index < -0.39 is 6.09 Å². The van der Waals surface area contributed by atoms with E-state index in [4.69, 9.17) is 9.47 Å². The lowest BCUT2D eigenvalue weighted by molar-refractivity contribution is 0.118. The lowest BCUT2D eigenvalue weighted by atomic mass is 9.92. The second-order valence-corrected chi connectivity index (χ2v) is 9.74. The molecule has 0 bridgehead atoms. The van der Waals surface area contributed by atoms with Crippen LogP contribution in [0.2, 0.25) is 0 Å². The van der Waals surface area contributed by atoms with Gasteiger partial charge in [-0.1, -0.05) is 32.9 Å². The quantitative estimate of drug-likeness (QED) is 0.448. The van der Waals surface area contributed by atoms with E-state index in [0.29, 0.717) is 30.5 Å². The van der Waals surface area contributed by atoms with Crippen molar-refractivity contribution in [3.8, 4) is 23.1 Å². The summed E-state index contributed by atoms with van der Waals surface area (Å²) >= 11 is 0. The first-order valence-corrected chi connectivity index (χ1v) is 11.6. The number of hydrogen-bond acceptors (Lipinski definition) is 4. The highest BCUT2D eigenvalue weighted by Gasteiger charge is 2.28. The molecule has 0 unspecified atom stereocenters. The van der Waals surface area contributed by atoms with E-state index in [1.54, 1.807) is 0 Å². The largest absolute Gasteiger partial charge is 0.494 e. The normalized spacial score (nSPS) is 13.9. The first kappa shape index (κ1) is 22.7. The Morgan fingerprint density at radius 3 is 2.48 bits per heavy atom. The molecule has 0 radical (unpaired) electrons. The summed E-state index contributed by atoms with van der Waals surface area (Å²) in [5.41, 5.74) is 4.15. The number of fused-ring (bicyclic) bond motifs is 1. The Balaban J connectivity index is 1.68. The van der Waals surface area contributed by atoms with Gasteiger partial charge in [0.1, 0.15) is 11.8 Å². The van der Waals surface area contributed by atoms with Crippen LogP contribution >= 0.6 is 0 Å². The zero-order chi connectivity index (χ0) is 23.6. The minimum Gasteiger partial charge on any atom is -0.494 e. The predicted molar refractivity (Wildman–Crippen MR) is 131 cm³/mol. The molecule has 3 aromatic rings. The summed E-state index contributed by atoms with van der Waals surface area (Å²) < 4.78 is 13.3. The highest BCUT2D eigenvalue weighted by molar-refractivity contribution is 5.96. The van der Waals surface area contributed by atoms with Crippen LogP contribution in [0.15, 0.2) is 42.5 Å². The van der Waals surface area contributed by atoms with Crippen LogP contribution in [-0.4, -0.2) is 23.9 Å². The third-order valence-electron chi connectivity index (χ3n) is 5.88. The first-order chi connectivity index (χ1) is 15.8. The minimum atomic E-state index is -0.470. The van der Waals surface area contributed by atoms with Gasteiger partial charge < -0.3 is 14.0 Å². The zero-order valence-corrected chi connectivity index (χ0v) is 19.8. The zero-order valence-electron chi connectivity index (χ0n) is 19.8. The highest BCUT2D eigenvalue weighted by atomic mass is 16.5. The van der Waals surface area contributed by atoms with Gasteiger partial charge in [0.2, 0.25) is 0 Å². The highest BCUT2D eigenvalue weighted by Crippen LogP contribution is 2.43. The van der Waals surface area contributed by atoms with Crippen molar-refractivity contribution in [3.05, 3.63) is 48.0 Å². The maximum absolute atomic E-state index is 12.1. The van der Waals surface area contributed by atoms with Gasteiger partial charge in [-0.2, -0.15) is 5.26 Å². The van der Waals surface area contributed by atoms with E-state index in [1.807, 2.05) is 64.1 Å². The Hall–Kier alpha value is -3.46. The number of nitriles is 1. The molecule has 1 amide bonds. The molecule has 172 valence electrons. The van der Waals surface area contributed by atoms with Crippen molar-refractivity contribution in [2.24, 2.45) is 5.41 Å². The third-order valence-corrected chi connectivity index (χ3v) is 5.88. The average molecular weight is 446 g/mol. The summed E-state index contributed by atoms with van der Waals surface area (Å²) in [6.45, 7) is 8.92. The van der Waals surface area contributed by atoms with Crippen molar-refractivity contribution in [2.45, 2.75) is 53.0 Å². The average Bonchev–Trinajstić information content (AvgIpc) is 3.05. The molecule has 0 spiro atoms. The Morgan fingerprint density at radius 2 is 1.91 bits per heavy atom. The van der Waals surface area contributed by atoms with Crippen molar-refractivity contribution in [1.82, 2.24) is 4.57 Å². The van der Waals surface area contributed by atoms with E-state index >= 15 is 0 Å². The lowest BCUT2D eigenvalue weighted by Gasteiger charge is -2.30. The second kappa shape index (κ2) is 9.19. The third kappa shape index (κ3) is 4.83. The molecular formula is C27H31N3O3. The molecule has 1 aliphatic rings. The number of nitrogens with one attached hydrogen (secondary N) is 1. The van der Waals surface area contributed by atoms with Crippen molar-refractivity contribution in [1.29, 1.82) is 5.26 Å². The van der Waals surface area contributed by atoms with Crippen LogP contribution in [0.25, 0.3) is 22.2 Å². The van der Waals surface area contributed by atoms with Gasteiger partial charge in [0.15, 0.2) is 0 Å². The van der Waals surface area contributed by atoms with E-state index in [9.17, 15) is 10.1 Å². The molecular weight excluding hydrogens is 414 g/mol. The number of aromatic nitrogens is 1. The predicted octanol–water partition coefficient (Wildman–Crippen LogP) is 6.90. The number of hydrogen-bond donors (Lipinski definition) is 1. The molecule has 0 saturated heterocycles. The van der Waals surface area contributed by atoms with Crippen molar-refractivity contribution < 1.29 is 14.3 Å². The molecule has 1 N–H and O–H groups in total. The molecule has 6 nitrogen and oxygen atoms in total. The number of rotatable bonds is 6. The molecule has 6 heteroatoms. The summed E-state index contributed by atoms with van der Waals surface area (Å²) in [5.74, 6) is 0.770. The summed E-state index contributed by atoms with van der Waals surface area (Å²) in [7, 11) is 0. The van der Waals surface area contributed by atoms with Gasteiger partial charge in [-0.05, 0) is 67.5 Å². The van der Waals surface area contributed by atoms with E-state index in [1.165, 1.54) is 6.42 Å². The Morgan fingerprint density at radius 1 is 1.18 bits per heavy atom. The van der Waals surface area contributed by atoms with Gasteiger partial charge in [-0.3, -0.25) is 5.32 Å². The van der Waals surface area contributed by atoms with Gasteiger partial charge in [0.25, 0.3) is 0 Å². The van der Waals surface area contributed by atoms with Gasteiger partial charge in [0, 0.05) is 17.1 Å². The number of nitrogens with zero attached hydrogens (tertiary/aromatic N) is 2. The first-order valence-electron chi connectivity index (χ1n) is 11.6. The molecule has 2 aromatic carbocycles. The molecule has 1 fully saturated rings. The van der Waals surface area contributed by atoms with E-state index in [2.05, 4.69) is 22.0 Å². The van der Waals surface area contributed by atoms with Gasteiger partial charge in [-0.25, -0.2) is 4.79 Å². The van der Waals surface area contributed by atoms with Crippen LogP contribution in [0.3, 0.4) is 0 Å². The topological polar surface area (TPSA) is 76.3 Å². The fraction of sp³-hybridized carbons (Fsp3) is 0.407. The van der Waals surface area contributed by atoms with Gasteiger partial charge >= 0.3 is 6.09 Å². The molecule has 0 aliphatic heterocycles.